The summed E-state index contributed by atoms with van der Waals surface area (Å²) in [5.41, 5.74) is -2.10. The van der Waals surface area contributed by atoms with E-state index in [9.17, 15) is 24.3 Å². The average Bonchev–Trinajstić information content (AvgIpc) is 3.50. The van der Waals surface area contributed by atoms with Gasteiger partial charge in [-0.1, -0.05) is 0 Å². The Hall–Kier alpha value is -4.99. The van der Waals surface area contributed by atoms with Gasteiger partial charge in [0.25, 0.3) is 11.8 Å². The number of fused-ring (bicyclic) bond motifs is 2. The summed E-state index contributed by atoms with van der Waals surface area (Å²) >= 11 is 0. The van der Waals surface area contributed by atoms with Crippen LogP contribution >= 0.6 is 0 Å². The Balaban J connectivity index is 1.56. The molecule has 0 saturated carbocycles. The molecular formula is C33H30N3O7+. The zero-order valence-electron chi connectivity index (χ0n) is 37.8. The fourth-order valence-corrected chi connectivity index (χ4v) is 4.94. The normalized spacial score (nSPS) is 32.0. The Morgan fingerprint density at radius 2 is 1.63 bits per heavy atom. The van der Waals surface area contributed by atoms with E-state index in [0.29, 0.717) is 0 Å². The Bertz CT molecular complexity index is 2520. The predicted molar refractivity (Wildman–Crippen MR) is 157 cm³/mol. The van der Waals surface area contributed by atoms with E-state index in [4.69, 9.17) is 31.2 Å². The van der Waals surface area contributed by atoms with Crippen molar-refractivity contribution in [3.05, 3.63) is 71.1 Å². The van der Waals surface area contributed by atoms with Gasteiger partial charge in [0.1, 0.15) is 29.8 Å². The van der Waals surface area contributed by atoms with Gasteiger partial charge < -0.3 is 19.3 Å². The standard InChI is InChI=1S/C33H29N3O7/c37-29-11-12-30(38)36(29)43-33(41)20-5-8-23(32(39)40)26(17-20)31-24-9-6-21(34-13-1-2-14-34)18-27(24)42-28-19-22(7-10-25(28)31)35-15-3-4-16-35/h5-10,17-19H,1-4,11-16H2/p+1/i1D2,2D2,3D2,4D2,13D2,14D2,15D2,16D2. The summed E-state index contributed by atoms with van der Waals surface area (Å²) < 4.78 is 141. The summed E-state index contributed by atoms with van der Waals surface area (Å²) in [5.74, 6) is -4.78. The maximum absolute atomic E-state index is 13.3. The van der Waals surface area contributed by atoms with E-state index in [1.807, 2.05) is 0 Å². The molecule has 0 bridgehead atoms. The minimum absolute atomic E-state index is 0.0437. The first kappa shape index (κ1) is 14.5. The van der Waals surface area contributed by atoms with Crippen LogP contribution in [0, 0.1) is 0 Å². The SMILES string of the molecule is [2H]C1([2H])N(c2ccc3c(-c4cc(C(=O)ON5C(=O)CCC5=O)ccc4C(=O)O)c4ccc(=[N+]5C([2H])([2H])C([2H])([2H])C([2H])([2H])C5([2H])[2H])cc-4oc3c2)C([2H])([2H])C([2H])([2H])C1([2H])[2H]. The van der Waals surface area contributed by atoms with Crippen molar-refractivity contribution in [2.24, 2.45) is 0 Å². The molecule has 1 N–H and O–H groups in total. The van der Waals surface area contributed by atoms with Gasteiger partial charge in [0, 0.05) is 89.4 Å². The van der Waals surface area contributed by atoms with Crippen LogP contribution in [-0.4, -0.2) is 59.9 Å². The molecule has 0 aromatic heterocycles. The first-order valence-corrected chi connectivity index (χ1v) is 12.8. The highest BCUT2D eigenvalue weighted by atomic mass is 16.7. The first-order valence-electron chi connectivity index (χ1n) is 20.8. The molecule has 3 saturated heterocycles. The molecule has 5 aliphatic rings. The van der Waals surface area contributed by atoms with E-state index in [2.05, 4.69) is 0 Å². The Kier molecular flexibility index (Phi) is 3.59. The van der Waals surface area contributed by atoms with Crippen LogP contribution in [-0.2, 0) is 14.4 Å². The van der Waals surface area contributed by atoms with Crippen LogP contribution in [0.4, 0.5) is 5.69 Å². The van der Waals surface area contributed by atoms with Gasteiger partial charge in [-0.15, -0.1) is 5.06 Å². The number of aromatic carboxylic acids is 1. The zero-order chi connectivity index (χ0) is 44.0. The molecule has 1 aliphatic carbocycles. The van der Waals surface area contributed by atoms with Crippen molar-refractivity contribution in [1.29, 1.82) is 0 Å². The average molecular weight is 597 g/mol. The highest BCUT2D eigenvalue weighted by Gasteiger charge is 2.34. The molecule has 7 rings (SSSR count). The number of hydroxylamine groups is 2. The van der Waals surface area contributed by atoms with Crippen LogP contribution in [0.5, 0.6) is 0 Å². The summed E-state index contributed by atoms with van der Waals surface area (Å²) in [6.45, 7) is -13.4. The third-order valence-corrected chi connectivity index (χ3v) is 6.94. The highest BCUT2D eigenvalue weighted by molar-refractivity contribution is 6.09. The molecule has 4 aliphatic heterocycles. The second-order valence-electron chi connectivity index (χ2n) is 9.48. The van der Waals surface area contributed by atoms with Gasteiger partial charge in [0.15, 0.2) is 0 Å². The van der Waals surface area contributed by atoms with Crippen molar-refractivity contribution in [2.75, 3.05) is 30.9 Å². The monoisotopic (exact) mass is 596 g/mol. The van der Waals surface area contributed by atoms with Crippen molar-refractivity contribution in [1.82, 2.24) is 9.64 Å². The van der Waals surface area contributed by atoms with Crippen LogP contribution in [0.25, 0.3) is 33.4 Å². The van der Waals surface area contributed by atoms with Crippen LogP contribution in [0.3, 0.4) is 0 Å². The maximum Gasteiger partial charge on any atom is 0.363 e. The lowest BCUT2D eigenvalue weighted by Gasteiger charge is -2.21. The molecule has 0 spiro atoms. The lowest BCUT2D eigenvalue weighted by Crippen LogP contribution is -2.32. The number of amides is 2. The second kappa shape index (κ2) is 10.7. The molecule has 10 nitrogen and oxygen atoms in total. The second-order valence-corrected chi connectivity index (χ2v) is 9.48. The number of hydrogen-bond acceptors (Lipinski definition) is 7. The van der Waals surface area contributed by atoms with Crippen LogP contribution in [0.1, 0.15) is 81.0 Å². The summed E-state index contributed by atoms with van der Waals surface area (Å²) in [4.78, 5) is 55.7. The van der Waals surface area contributed by atoms with Gasteiger partial charge in [0.2, 0.25) is 5.36 Å². The molecule has 218 valence electrons. The number of carbonyl (C=O) groups is 4. The third kappa shape index (κ3) is 4.82. The van der Waals surface area contributed by atoms with Crippen molar-refractivity contribution < 1.29 is 55.5 Å². The van der Waals surface area contributed by atoms with Crippen LogP contribution in [0.2, 0.25) is 0 Å². The number of benzene rings is 3. The molecule has 2 aromatic rings. The maximum atomic E-state index is 13.3. The van der Waals surface area contributed by atoms with Crippen molar-refractivity contribution in [3.8, 4) is 22.5 Å². The first-order chi connectivity index (χ1) is 26.9. The van der Waals surface area contributed by atoms with Crippen molar-refractivity contribution in [2.45, 2.75) is 38.3 Å². The van der Waals surface area contributed by atoms with E-state index in [-0.39, 0.29) is 66.4 Å². The minimum atomic E-state index is -3.45. The van der Waals surface area contributed by atoms with E-state index in [0.717, 1.165) is 42.5 Å². The zero-order valence-corrected chi connectivity index (χ0v) is 21.8. The number of nitrogens with zero attached hydrogens (tertiary/aromatic N) is 3. The van der Waals surface area contributed by atoms with E-state index >= 15 is 0 Å². The number of carbonyl (C=O) groups excluding carboxylic acids is 3. The van der Waals surface area contributed by atoms with Gasteiger partial charge in [-0.2, -0.15) is 0 Å². The van der Waals surface area contributed by atoms with Gasteiger partial charge in [0.05, 0.1) is 17.2 Å². The summed E-state index contributed by atoms with van der Waals surface area (Å²) in [6.07, 6.45) is -14.2. The molecule has 10 heteroatoms. The Morgan fingerprint density at radius 3 is 2.35 bits per heavy atom. The summed E-state index contributed by atoms with van der Waals surface area (Å²) in [6, 6.07) is 9.56. The largest absolute Gasteiger partial charge is 0.478 e. The lowest BCUT2D eigenvalue weighted by atomic mass is 9.89. The molecule has 43 heavy (non-hydrogen) atoms. The van der Waals surface area contributed by atoms with E-state index in [1.165, 1.54) is 12.1 Å². The predicted octanol–water partition coefficient (Wildman–Crippen LogP) is 4.29. The number of imide groups is 1. The number of carboxylic acids is 1. The number of carboxylic acid groups (broad SMARTS) is 1. The Morgan fingerprint density at radius 1 is 0.884 bits per heavy atom. The van der Waals surface area contributed by atoms with Gasteiger partial charge in [-0.3, -0.25) is 9.59 Å². The van der Waals surface area contributed by atoms with Crippen molar-refractivity contribution >= 4 is 40.4 Å². The lowest BCUT2D eigenvalue weighted by molar-refractivity contribution is -0.172. The molecule has 0 unspecified atom stereocenters. The Labute approximate surface area is 269 Å². The summed E-state index contributed by atoms with van der Waals surface area (Å²) in [7, 11) is 0. The van der Waals surface area contributed by atoms with E-state index in [1.54, 1.807) is 0 Å². The van der Waals surface area contributed by atoms with Gasteiger partial charge >= 0.3 is 11.9 Å². The van der Waals surface area contributed by atoms with Crippen LogP contribution < -0.4 is 14.8 Å². The van der Waals surface area contributed by atoms with Crippen molar-refractivity contribution in [3.63, 3.8) is 0 Å². The molecule has 4 heterocycles. The fraction of sp³-hybridized carbons (Fsp3) is 0.303. The molecule has 0 radical (unpaired) electrons. The minimum Gasteiger partial charge on any atom is -0.478 e. The quantitative estimate of drug-likeness (QED) is 0.206. The topological polar surface area (TPSA) is 120 Å². The third-order valence-electron chi connectivity index (χ3n) is 6.94. The molecule has 2 amide bonds. The van der Waals surface area contributed by atoms with Gasteiger partial charge in [-0.05, 0) is 54.7 Å². The number of hydrogen-bond donors (Lipinski definition) is 1. The smallest absolute Gasteiger partial charge is 0.363 e. The molecule has 3 fully saturated rings. The molecular weight excluding hydrogens is 550 g/mol. The van der Waals surface area contributed by atoms with E-state index < -0.39 is 91.8 Å². The van der Waals surface area contributed by atoms with Gasteiger partial charge in [-0.25, -0.2) is 14.2 Å². The molecule has 0 atom stereocenters. The summed E-state index contributed by atoms with van der Waals surface area (Å²) in [5, 5.41) is 10.1. The number of anilines is 1. The number of rotatable bonds is 5. The highest BCUT2D eigenvalue weighted by Crippen LogP contribution is 2.42. The molecule has 2 aromatic carbocycles. The fourth-order valence-electron chi connectivity index (χ4n) is 4.94. The van der Waals surface area contributed by atoms with Crippen LogP contribution in [0.15, 0.2) is 59.0 Å².